The summed E-state index contributed by atoms with van der Waals surface area (Å²) in [6.45, 7) is 3.52. The highest BCUT2D eigenvalue weighted by molar-refractivity contribution is 6.03. The van der Waals surface area contributed by atoms with Gasteiger partial charge in [0.2, 0.25) is 5.91 Å². The predicted octanol–water partition coefficient (Wildman–Crippen LogP) is 5.03. The first-order valence-corrected chi connectivity index (χ1v) is 11.2. The van der Waals surface area contributed by atoms with Crippen molar-refractivity contribution in [3.63, 3.8) is 0 Å². The maximum atomic E-state index is 14.0. The van der Waals surface area contributed by atoms with E-state index in [1.54, 1.807) is 13.8 Å². The molecule has 2 amide bonds. The molecule has 35 heavy (non-hydrogen) atoms. The van der Waals surface area contributed by atoms with Gasteiger partial charge in [-0.05, 0) is 40.3 Å². The lowest BCUT2D eigenvalue weighted by Gasteiger charge is -2.22. The Hall–Kier alpha value is -4.20. The molecule has 3 aromatic carbocycles. The summed E-state index contributed by atoms with van der Waals surface area (Å²) in [5.41, 5.74) is 3.48. The zero-order valence-electron chi connectivity index (χ0n) is 19.2. The monoisotopic (exact) mass is 476 g/mol. The van der Waals surface area contributed by atoms with Crippen LogP contribution < -0.4 is 10.6 Å². The molecular weight excluding hydrogens is 451 g/mol. The highest BCUT2D eigenvalue weighted by atomic mass is 19.1. The van der Waals surface area contributed by atoms with E-state index in [4.69, 9.17) is 4.74 Å². The summed E-state index contributed by atoms with van der Waals surface area (Å²) in [5.74, 6) is -3.64. The molecule has 8 heteroatoms. The number of carbonyl (C=O) groups excluding carboxylic acids is 2. The highest BCUT2D eigenvalue weighted by Crippen LogP contribution is 2.44. The Morgan fingerprint density at radius 3 is 2.11 bits per heavy atom. The Morgan fingerprint density at radius 2 is 1.54 bits per heavy atom. The zero-order valence-corrected chi connectivity index (χ0v) is 19.2. The molecule has 3 N–H and O–H groups in total. The zero-order chi connectivity index (χ0) is 25.1. The van der Waals surface area contributed by atoms with Crippen molar-refractivity contribution < 1.29 is 28.6 Å². The first-order valence-electron chi connectivity index (χ1n) is 11.2. The van der Waals surface area contributed by atoms with Crippen molar-refractivity contribution in [1.29, 1.82) is 0 Å². The van der Waals surface area contributed by atoms with Crippen molar-refractivity contribution in [3.8, 4) is 11.1 Å². The van der Waals surface area contributed by atoms with Gasteiger partial charge in [-0.25, -0.2) is 14.0 Å². The maximum absolute atomic E-state index is 14.0. The fourth-order valence-corrected chi connectivity index (χ4v) is 4.36. The second-order valence-electron chi connectivity index (χ2n) is 8.65. The summed E-state index contributed by atoms with van der Waals surface area (Å²) in [6, 6.07) is 18.4. The van der Waals surface area contributed by atoms with Gasteiger partial charge in [-0.15, -0.1) is 0 Å². The number of hydrogen-bond donors (Lipinski definition) is 3. The van der Waals surface area contributed by atoms with Gasteiger partial charge in [0.05, 0.1) is 5.69 Å². The molecule has 0 fully saturated rings. The molecular formula is C27H25FN2O5. The predicted molar refractivity (Wildman–Crippen MR) is 129 cm³/mol. The number of ether oxygens (including phenoxy) is 1. The second-order valence-corrected chi connectivity index (χ2v) is 8.65. The molecule has 1 aliphatic carbocycles. The largest absolute Gasteiger partial charge is 0.478 e. The van der Waals surface area contributed by atoms with Crippen molar-refractivity contribution >= 4 is 23.7 Å². The number of carbonyl (C=O) groups is 3. The quantitative estimate of drug-likeness (QED) is 0.444. The Balaban J connectivity index is 1.45. The SMILES string of the molecule is CC(C)[C@H](NC(=O)OCC1c2ccccc2-c2ccccc21)C(=O)Nc1cccc(F)c1C(=O)O. The lowest BCUT2D eigenvalue weighted by atomic mass is 9.98. The number of carboxylic acid groups (broad SMARTS) is 1. The number of hydrogen-bond acceptors (Lipinski definition) is 4. The van der Waals surface area contributed by atoms with E-state index in [1.165, 1.54) is 12.1 Å². The van der Waals surface area contributed by atoms with E-state index < -0.39 is 35.4 Å². The van der Waals surface area contributed by atoms with E-state index in [2.05, 4.69) is 10.6 Å². The lowest BCUT2D eigenvalue weighted by Crippen LogP contribution is -2.47. The molecule has 3 aromatic rings. The van der Waals surface area contributed by atoms with Gasteiger partial charge < -0.3 is 20.5 Å². The van der Waals surface area contributed by atoms with Gasteiger partial charge in [-0.1, -0.05) is 68.4 Å². The van der Waals surface area contributed by atoms with Crippen molar-refractivity contribution in [1.82, 2.24) is 5.32 Å². The summed E-state index contributed by atoms with van der Waals surface area (Å²) in [5, 5.41) is 14.3. The maximum Gasteiger partial charge on any atom is 0.407 e. The Labute approximate surface area is 201 Å². The minimum absolute atomic E-state index is 0.0827. The van der Waals surface area contributed by atoms with Crippen LogP contribution in [0.3, 0.4) is 0 Å². The molecule has 1 atom stereocenters. The van der Waals surface area contributed by atoms with Crippen LogP contribution in [-0.2, 0) is 9.53 Å². The Kier molecular flexibility index (Phi) is 6.82. The first kappa shape index (κ1) is 23.9. The second kappa shape index (κ2) is 9.97. The van der Waals surface area contributed by atoms with E-state index >= 15 is 0 Å². The number of benzene rings is 3. The van der Waals surface area contributed by atoms with Crippen molar-refractivity contribution in [3.05, 3.63) is 89.2 Å². The highest BCUT2D eigenvalue weighted by Gasteiger charge is 2.31. The Bertz CT molecular complexity index is 1240. The standard InChI is InChI=1S/C27H25FN2O5/c1-15(2)24(25(31)29-22-13-7-12-21(28)23(22)26(32)33)30-27(34)35-14-20-18-10-5-3-8-16(18)17-9-4-6-11-19(17)20/h3-13,15,20,24H,14H2,1-2H3,(H,29,31)(H,30,34)(H,32,33)/t24-/m0/s1. The smallest absolute Gasteiger partial charge is 0.407 e. The van der Waals surface area contributed by atoms with Gasteiger partial charge in [0, 0.05) is 5.92 Å². The average molecular weight is 477 g/mol. The third kappa shape index (κ3) is 4.87. The van der Waals surface area contributed by atoms with E-state index in [9.17, 15) is 23.9 Å². The van der Waals surface area contributed by atoms with Crippen molar-refractivity contribution in [2.24, 2.45) is 5.92 Å². The van der Waals surface area contributed by atoms with Crippen LogP contribution in [0.2, 0.25) is 0 Å². The van der Waals surface area contributed by atoms with E-state index in [0.717, 1.165) is 28.3 Å². The van der Waals surface area contributed by atoms with Crippen LogP contribution in [0.5, 0.6) is 0 Å². The van der Waals surface area contributed by atoms with Gasteiger partial charge in [0.1, 0.15) is 24.0 Å². The van der Waals surface area contributed by atoms with Gasteiger partial charge in [-0.2, -0.15) is 0 Å². The fourth-order valence-electron chi connectivity index (χ4n) is 4.36. The van der Waals surface area contributed by atoms with Crippen molar-refractivity contribution in [2.45, 2.75) is 25.8 Å². The molecule has 4 rings (SSSR count). The van der Waals surface area contributed by atoms with Crippen LogP contribution in [-0.4, -0.2) is 35.7 Å². The number of halogens is 1. The summed E-state index contributed by atoms with van der Waals surface area (Å²) >= 11 is 0. The molecule has 0 aliphatic heterocycles. The van der Waals surface area contributed by atoms with Crippen LogP contribution in [0.25, 0.3) is 11.1 Å². The molecule has 7 nitrogen and oxygen atoms in total. The summed E-state index contributed by atoms with van der Waals surface area (Å²) < 4.78 is 19.5. The molecule has 0 bridgehead atoms. The van der Waals surface area contributed by atoms with Crippen LogP contribution in [0.15, 0.2) is 66.7 Å². The number of fused-ring (bicyclic) bond motifs is 3. The topological polar surface area (TPSA) is 105 Å². The summed E-state index contributed by atoms with van der Waals surface area (Å²) in [6.07, 6.45) is -0.779. The van der Waals surface area contributed by atoms with Crippen molar-refractivity contribution in [2.75, 3.05) is 11.9 Å². The van der Waals surface area contributed by atoms with E-state index in [1.807, 2.05) is 48.5 Å². The molecule has 0 saturated carbocycles. The number of alkyl carbamates (subject to hydrolysis) is 1. The summed E-state index contributed by atoms with van der Waals surface area (Å²) in [7, 11) is 0. The molecule has 180 valence electrons. The average Bonchev–Trinajstić information content (AvgIpc) is 3.14. The minimum Gasteiger partial charge on any atom is -0.478 e. The Morgan fingerprint density at radius 1 is 0.943 bits per heavy atom. The van der Waals surface area contributed by atoms with Crippen LogP contribution in [0.4, 0.5) is 14.9 Å². The number of aromatic carboxylic acids is 1. The molecule has 0 radical (unpaired) electrons. The molecule has 0 spiro atoms. The number of anilines is 1. The molecule has 0 saturated heterocycles. The fraction of sp³-hybridized carbons (Fsp3) is 0.222. The number of rotatable bonds is 7. The van der Waals surface area contributed by atoms with Gasteiger partial charge in [-0.3, -0.25) is 4.79 Å². The van der Waals surface area contributed by atoms with Gasteiger partial charge >= 0.3 is 12.1 Å². The first-order chi connectivity index (χ1) is 16.8. The normalized spacial score (nSPS) is 13.0. The molecule has 1 aliphatic rings. The van der Waals surface area contributed by atoms with Crippen LogP contribution >= 0.6 is 0 Å². The summed E-state index contributed by atoms with van der Waals surface area (Å²) in [4.78, 5) is 36.9. The third-order valence-electron chi connectivity index (χ3n) is 6.05. The minimum atomic E-state index is -1.51. The number of carboxylic acids is 1. The number of amides is 2. The molecule has 0 aromatic heterocycles. The molecule has 0 heterocycles. The number of nitrogens with one attached hydrogen (secondary N) is 2. The third-order valence-corrected chi connectivity index (χ3v) is 6.05. The van der Waals surface area contributed by atoms with Gasteiger partial charge in [0.25, 0.3) is 0 Å². The van der Waals surface area contributed by atoms with Gasteiger partial charge in [0.15, 0.2) is 0 Å². The lowest BCUT2D eigenvalue weighted by molar-refractivity contribution is -0.119. The van der Waals surface area contributed by atoms with E-state index in [0.29, 0.717) is 0 Å². The van der Waals surface area contributed by atoms with Crippen LogP contribution in [0.1, 0.15) is 41.3 Å². The van der Waals surface area contributed by atoms with Crippen LogP contribution in [0, 0.1) is 11.7 Å². The molecule has 0 unspecified atom stereocenters. The van der Waals surface area contributed by atoms with E-state index in [-0.39, 0.29) is 24.1 Å².